The van der Waals surface area contributed by atoms with Crippen LogP contribution in [0.4, 0.5) is 17.1 Å². The predicted octanol–water partition coefficient (Wildman–Crippen LogP) is 4.37. The minimum atomic E-state index is -0.548. The molecule has 2 rings (SSSR count). The number of nitrogens with zero attached hydrogens (tertiary/aromatic N) is 1. The second-order valence-corrected chi connectivity index (χ2v) is 5.52. The fraction of sp³-hybridized carbons (Fsp3) is 0.133. The molecule has 0 saturated carbocycles. The average molecular weight is 352 g/mol. The van der Waals surface area contributed by atoms with Crippen molar-refractivity contribution in [3.05, 3.63) is 57.1 Å². The lowest BCUT2D eigenvalue weighted by Crippen LogP contribution is -2.19. The lowest BCUT2D eigenvalue weighted by Gasteiger charge is -2.14. The Labute approximate surface area is 143 Å². The number of hydrogen-bond donors (Lipinski definition) is 2. The molecule has 0 aliphatic rings. The van der Waals surface area contributed by atoms with Gasteiger partial charge in [0.1, 0.15) is 10.8 Å². The Morgan fingerprint density at radius 2 is 2.00 bits per heavy atom. The molecule has 0 fully saturated rings. The van der Waals surface area contributed by atoms with Crippen LogP contribution in [0, 0.1) is 17.0 Å². The molecule has 0 aromatic heterocycles. The van der Waals surface area contributed by atoms with Gasteiger partial charge in [-0.05, 0) is 49.0 Å². The Balaban J connectivity index is 2.16. The van der Waals surface area contributed by atoms with Crippen LogP contribution in [0.1, 0.15) is 5.56 Å². The molecule has 0 unspecified atom stereocenters. The molecule has 0 amide bonds. The third kappa shape index (κ3) is 4.30. The van der Waals surface area contributed by atoms with Crippen LogP contribution in [0.25, 0.3) is 0 Å². The van der Waals surface area contributed by atoms with E-state index in [1.165, 1.54) is 12.1 Å². The molecule has 0 bridgehead atoms. The molecule has 2 aromatic rings. The fourth-order valence-electron chi connectivity index (χ4n) is 1.93. The SMILES string of the molecule is COc1ccc(C)cc1NC(=S)Nc1ccc(Cl)c([N+](=O)[O-])c1. The van der Waals surface area contributed by atoms with Gasteiger partial charge in [0.25, 0.3) is 5.69 Å². The van der Waals surface area contributed by atoms with Crippen LogP contribution in [0.3, 0.4) is 0 Å². The van der Waals surface area contributed by atoms with E-state index in [0.717, 1.165) is 5.56 Å². The molecule has 8 heteroatoms. The molecular weight excluding hydrogens is 338 g/mol. The van der Waals surface area contributed by atoms with Crippen molar-refractivity contribution in [3.63, 3.8) is 0 Å². The molecule has 0 aliphatic carbocycles. The normalized spacial score (nSPS) is 10.0. The molecule has 120 valence electrons. The number of halogens is 1. The van der Waals surface area contributed by atoms with Gasteiger partial charge in [-0.15, -0.1) is 0 Å². The molecule has 0 radical (unpaired) electrons. The Morgan fingerprint density at radius 1 is 1.26 bits per heavy atom. The number of aryl methyl sites for hydroxylation is 1. The number of benzene rings is 2. The first-order valence-corrected chi connectivity index (χ1v) is 7.36. The molecule has 6 nitrogen and oxygen atoms in total. The van der Waals surface area contributed by atoms with Gasteiger partial charge in [-0.3, -0.25) is 10.1 Å². The van der Waals surface area contributed by atoms with Gasteiger partial charge in [-0.2, -0.15) is 0 Å². The first kappa shape index (κ1) is 17.0. The molecule has 0 heterocycles. The molecule has 2 N–H and O–H groups in total. The van der Waals surface area contributed by atoms with Crippen LogP contribution < -0.4 is 15.4 Å². The van der Waals surface area contributed by atoms with Crippen LogP contribution in [0.2, 0.25) is 5.02 Å². The summed E-state index contributed by atoms with van der Waals surface area (Å²) in [7, 11) is 1.56. The summed E-state index contributed by atoms with van der Waals surface area (Å²) in [4.78, 5) is 10.4. The highest BCUT2D eigenvalue weighted by Crippen LogP contribution is 2.28. The number of rotatable bonds is 4. The van der Waals surface area contributed by atoms with E-state index in [4.69, 9.17) is 28.6 Å². The first-order valence-electron chi connectivity index (χ1n) is 6.57. The molecule has 0 atom stereocenters. The van der Waals surface area contributed by atoms with E-state index >= 15 is 0 Å². The topological polar surface area (TPSA) is 76.4 Å². The molecule has 0 aliphatic heterocycles. The van der Waals surface area contributed by atoms with Crippen molar-refractivity contribution in [3.8, 4) is 5.75 Å². The van der Waals surface area contributed by atoms with Crippen molar-refractivity contribution in [1.29, 1.82) is 0 Å². The molecule has 2 aromatic carbocycles. The van der Waals surface area contributed by atoms with Crippen LogP contribution in [0.15, 0.2) is 36.4 Å². The van der Waals surface area contributed by atoms with E-state index < -0.39 is 4.92 Å². The van der Waals surface area contributed by atoms with E-state index in [0.29, 0.717) is 17.1 Å². The van der Waals surface area contributed by atoms with Crippen molar-refractivity contribution in [2.75, 3.05) is 17.7 Å². The summed E-state index contributed by atoms with van der Waals surface area (Å²) in [5, 5.41) is 17.1. The zero-order chi connectivity index (χ0) is 17.0. The van der Waals surface area contributed by atoms with Gasteiger partial charge >= 0.3 is 0 Å². The van der Waals surface area contributed by atoms with Gasteiger partial charge in [-0.25, -0.2) is 0 Å². The molecule has 23 heavy (non-hydrogen) atoms. The Bertz CT molecular complexity index is 768. The number of nitro benzene ring substituents is 1. The minimum absolute atomic E-state index is 0.0692. The smallest absolute Gasteiger partial charge is 0.289 e. The lowest BCUT2D eigenvalue weighted by atomic mass is 10.2. The largest absolute Gasteiger partial charge is 0.495 e. The standard InChI is InChI=1S/C15H14ClN3O3S/c1-9-3-6-14(22-2)12(7-9)18-15(23)17-10-4-5-11(16)13(8-10)19(20)21/h3-8H,1-2H3,(H2,17,18,23). The summed E-state index contributed by atoms with van der Waals surface area (Å²) >= 11 is 11.0. The van der Waals surface area contributed by atoms with Crippen molar-refractivity contribution in [1.82, 2.24) is 0 Å². The first-order chi connectivity index (χ1) is 10.9. The molecule has 0 spiro atoms. The summed E-state index contributed by atoms with van der Waals surface area (Å²) in [5.74, 6) is 0.641. The van der Waals surface area contributed by atoms with Crippen molar-refractivity contribution in [2.24, 2.45) is 0 Å². The average Bonchev–Trinajstić information content (AvgIpc) is 2.49. The highest BCUT2D eigenvalue weighted by Gasteiger charge is 2.13. The van der Waals surface area contributed by atoms with Crippen molar-refractivity contribution >= 4 is 46.0 Å². The van der Waals surface area contributed by atoms with E-state index in [1.54, 1.807) is 13.2 Å². The van der Waals surface area contributed by atoms with Crippen molar-refractivity contribution in [2.45, 2.75) is 6.92 Å². The highest BCUT2D eigenvalue weighted by atomic mass is 35.5. The number of hydrogen-bond acceptors (Lipinski definition) is 4. The number of thiocarbonyl (C=S) groups is 1. The quantitative estimate of drug-likeness (QED) is 0.484. The number of ether oxygens (including phenoxy) is 1. The number of methoxy groups -OCH3 is 1. The van der Waals surface area contributed by atoms with Gasteiger partial charge in [0.05, 0.1) is 17.7 Å². The van der Waals surface area contributed by atoms with Gasteiger partial charge in [-0.1, -0.05) is 17.7 Å². The van der Waals surface area contributed by atoms with Crippen LogP contribution >= 0.6 is 23.8 Å². The van der Waals surface area contributed by atoms with Gasteiger partial charge in [0.15, 0.2) is 5.11 Å². The van der Waals surface area contributed by atoms with Gasteiger partial charge < -0.3 is 15.4 Å². The van der Waals surface area contributed by atoms with Crippen LogP contribution in [-0.4, -0.2) is 17.1 Å². The van der Waals surface area contributed by atoms with Crippen molar-refractivity contribution < 1.29 is 9.66 Å². The van der Waals surface area contributed by atoms with E-state index in [-0.39, 0.29) is 15.8 Å². The lowest BCUT2D eigenvalue weighted by molar-refractivity contribution is -0.384. The summed E-state index contributed by atoms with van der Waals surface area (Å²) in [6.07, 6.45) is 0. The summed E-state index contributed by atoms with van der Waals surface area (Å²) in [6, 6.07) is 10.0. The Kier molecular flexibility index (Phi) is 5.36. The summed E-state index contributed by atoms with van der Waals surface area (Å²) < 4.78 is 5.26. The minimum Gasteiger partial charge on any atom is -0.495 e. The van der Waals surface area contributed by atoms with E-state index in [1.807, 2.05) is 25.1 Å². The fourth-order valence-corrected chi connectivity index (χ4v) is 2.35. The maximum absolute atomic E-state index is 10.9. The second-order valence-electron chi connectivity index (χ2n) is 4.71. The Hall–Kier alpha value is -2.38. The maximum Gasteiger partial charge on any atom is 0.289 e. The zero-order valence-electron chi connectivity index (χ0n) is 12.4. The number of nitrogens with one attached hydrogen (secondary N) is 2. The zero-order valence-corrected chi connectivity index (χ0v) is 14.0. The third-order valence-electron chi connectivity index (χ3n) is 3.00. The monoisotopic (exact) mass is 351 g/mol. The van der Waals surface area contributed by atoms with Gasteiger partial charge in [0.2, 0.25) is 0 Å². The predicted molar refractivity (Wildman–Crippen MR) is 95.7 cm³/mol. The number of nitro groups is 1. The Morgan fingerprint density at radius 3 is 2.65 bits per heavy atom. The third-order valence-corrected chi connectivity index (χ3v) is 3.53. The maximum atomic E-state index is 10.9. The highest BCUT2D eigenvalue weighted by molar-refractivity contribution is 7.80. The molecule has 0 saturated heterocycles. The second kappa shape index (κ2) is 7.26. The summed E-state index contributed by atoms with van der Waals surface area (Å²) in [6.45, 7) is 1.95. The van der Waals surface area contributed by atoms with Crippen LogP contribution in [0.5, 0.6) is 5.75 Å². The van der Waals surface area contributed by atoms with E-state index in [2.05, 4.69) is 10.6 Å². The van der Waals surface area contributed by atoms with Crippen LogP contribution in [-0.2, 0) is 0 Å². The summed E-state index contributed by atoms with van der Waals surface area (Å²) in [5.41, 5.74) is 2.02. The van der Waals surface area contributed by atoms with E-state index in [9.17, 15) is 10.1 Å². The molecular formula is C15H14ClN3O3S. The van der Waals surface area contributed by atoms with Gasteiger partial charge in [0, 0.05) is 11.8 Å². The number of anilines is 2.